The Morgan fingerprint density at radius 2 is 1.19 bits per heavy atom. The van der Waals surface area contributed by atoms with Gasteiger partial charge in [-0.25, -0.2) is 9.59 Å². The largest absolute Gasteiger partial charge is 0.483 e. The molecule has 0 aliphatic rings. The van der Waals surface area contributed by atoms with E-state index in [4.69, 9.17) is 19.3 Å². The van der Waals surface area contributed by atoms with Gasteiger partial charge < -0.3 is 19.3 Å². The third-order valence-electron chi connectivity index (χ3n) is 3.86. The Hall–Kier alpha value is -5.00. The molecule has 0 aliphatic carbocycles. The van der Waals surface area contributed by atoms with Crippen molar-refractivity contribution in [1.82, 2.24) is 0 Å². The highest BCUT2D eigenvalue weighted by atomic mass is 16.6. The van der Waals surface area contributed by atoms with Crippen LogP contribution in [0.4, 0.5) is 11.4 Å². The zero-order chi connectivity index (χ0) is 26.4. The number of carbonyl (C=O) groups is 2. The zero-order valence-electron chi connectivity index (χ0n) is 18.5. The van der Waals surface area contributed by atoms with E-state index in [-0.39, 0.29) is 51.7 Å². The minimum Gasteiger partial charge on any atom is -0.483 e. The average Bonchev–Trinajstić information content (AvgIpc) is 2.84. The van der Waals surface area contributed by atoms with Crippen molar-refractivity contribution in [1.29, 1.82) is 0 Å². The molecular weight excluding hydrogens is 488 g/mol. The summed E-state index contributed by atoms with van der Waals surface area (Å²) in [6, 6.07) is 8.08. The van der Waals surface area contributed by atoms with E-state index in [1.165, 1.54) is 48.6 Å². The lowest BCUT2D eigenvalue weighted by Crippen LogP contribution is -2.09. The summed E-state index contributed by atoms with van der Waals surface area (Å²) >= 11 is 0. The molecule has 0 heterocycles. The maximum atomic E-state index is 11.7. The van der Waals surface area contributed by atoms with E-state index in [1.807, 2.05) is 0 Å². The quantitative estimate of drug-likeness (QED) is 0.161. The number of hydrogen-bond donors (Lipinski definition) is 1. The molecule has 2 aromatic carbocycles. The third kappa shape index (κ3) is 10.0. The second kappa shape index (κ2) is 17.4. The van der Waals surface area contributed by atoms with Gasteiger partial charge in [0.25, 0.3) is 0 Å². The number of esters is 1. The number of rotatable bonds is 12. The molecule has 0 radical (unpaired) electrons. The predicted octanol–water partition coefficient (Wildman–Crippen LogP) is 5.63. The van der Waals surface area contributed by atoms with Crippen molar-refractivity contribution in [2.45, 2.75) is 14.9 Å². The Morgan fingerprint density at radius 3 is 1.57 bits per heavy atom. The summed E-state index contributed by atoms with van der Waals surface area (Å²) in [5.41, 5.74) is -1.52. The number of carboxylic acid groups (broad SMARTS) is 1. The Bertz CT molecular complexity index is 1130. The molecule has 0 fully saturated rings. The van der Waals surface area contributed by atoms with Crippen LogP contribution in [0.15, 0.2) is 74.4 Å². The number of carbonyl (C=O) groups excluding carboxylic acids is 1. The van der Waals surface area contributed by atoms with Gasteiger partial charge in [-0.15, -0.1) is 0 Å². The summed E-state index contributed by atoms with van der Waals surface area (Å²) in [7, 11) is 0. The Balaban J connectivity index is 0. The van der Waals surface area contributed by atoms with E-state index < -0.39 is 38.7 Å². The fourth-order valence-electron chi connectivity index (χ4n) is 2.50. The number of nitro groups is 2. The number of ether oxygens (including phenoxy) is 3. The van der Waals surface area contributed by atoms with Crippen molar-refractivity contribution < 1.29 is 38.8 Å². The second-order valence-electron chi connectivity index (χ2n) is 6.21. The molecule has 0 saturated heterocycles. The number of hydrogen-bond acceptors (Lipinski definition) is 9. The molecule has 1 N–H and O–H groups in total. The molecule has 0 amide bonds. The maximum Gasteiger partial charge on any atom is 0.345 e. The molecule has 0 unspecified atom stereocenters. The van der Waals surface area contributed by atoms with E-state index in [2.05, 4.69) is 19.7 Å². The molecule has 2 aromatic rings. The molecule has 0 atom stereocenters. The van der Waals surface area contributed by atoms with Crippen LogP contribution < -0.4 is 9.47 Å². The zero-order valence-corrected chi connectivity index (χ0v) is 18.5. The Labute approximate surface area is 214 Å². The molecule has 37 heavy (non-hydrogen) atoms. The van der Waals surface area contributed by atoms with Crippen molar-refractivity contribution in [2.24, 2.45) is 0 Å². The van der Waals surface area contributed by atoms with Crippen LogP contribution in [-0.2, 0) is 4.74 Å². The van der Waals surface area contributed by atoms with Crippen LogP contribution in [-0.4, -0.2) is 46.7 Å². The summed E-state index contributed by atoms with van der Waals surface area (Å²) in [5.74, 6) is -2.24. The van der Waals surface area contributed by atoms with Crippen molar-refractivity contribution in [3.63, 3.8) is 0 Å². The van der Waals surface area contributed by atoms with E-state index >= 15 is 0 Å². The summed E-state index contributed by atoms with van der Waals surface area (Å²) in [6.45, 7) is 10.4. The normalized spacial score (nSPS) is 8.97. The highest BCUT2D eigenvalue weighted by Crippen LogP contribution is 2.32. The van der Waals surface area contributed by atoms with Gasteiger partial charge >= 0.3 is 23.3 Å². The molecule has 0 aromatic heterocycles. The topological polar surface area (TPSA) is 168 Å². The Morgan fingerprint density at radius 1 is 0.784 bits per heavy atom. The van der Waals surface area contributed by atoms with Crippen LogP contribution in [0.1, 0.15) is 35.6 Å². The molecule has 12 nitrogen and oxygen atoms in total. The van der Waals surface area contributed by atoms with Gasteiger partial charge in [0.15, 0.2) is 11.5 Å². The van der Waals surface area contributed by atoms with Gasteiger partial charge in [-0.2, -0.15) is 0 Å². The van der Waals surface area contributed by atoms with Gasteiger partial charge in [0.1, 0.15) is 30.9 Å². The highest BCUT2D eigenvalue weighted by Gasteiger charge is 2.27. The number of benzene rings is 2. The van der Waals surface area contributed by atoms with Crippen LogP contribution in [0.25, 0.3) is 0 Å². The third-order valence-corrected chi connectivity index (χ3v) is 3.86. The molecule has 12 heteroatoms. The number of nitro benzene ring substituents is 2. The minimum atomic E-state index is -1.37. The fourth-order valence-corrected chi connectivity index (χ4v) is 2.50. The van der Waals surface area contributed by atoms with Crippen LogP contribution >= 0.6 is 0 Å². The van der Waals surface area contributed by atoms with Gasteiger partial charge in [-0.05, 0) is 24.3 Å². The van der Waals surface area contributed by atoms with E-state index in [0.717, 1.165) is 6.07 Å². The van der Waals surface area contributed by atoms with Gasteiger partial charge in [0.05, 0.1) is 9.85 Å². The van der Waals surface area contributed by atoms with Gasteiger partial charge in [0, 0.05) is 0 Å². The number of nitrogens with zero attached hydrogens (tertiary/aromatic N) is 2. The van der Waals surface area contributed by atoms with Crippen molar-refractivity contribution in [3.05, 3.63) is 106 Å². The first-order valence-corrected chi connectivity index (χ1v) is 9.73. The average molecular weight is 519 g/mol. The molecule has 0 saturated carbocycles. The number of aromatic carboxylic acids is 1. The monoisotopic (exact) mass is 518 g/mol. The minimum absolute atomic E-state index is 0. The lowest BCUT2D eigenvalue weighted by atomic mass is 10.1. The summed E-state index contributed by atoms with van der Waals surface area (Å²) < 4.78 is 15.0. The second-order valence-corrected chi connectivity index (χ2v) is 6.21. The molecule has 2 rings (SSSR count). The summed E-state index contributed by atoms with van der Waals surface area (Å²) in [5, 5.41) is 30.6. The van der Waals surface area contributed by atoms with Gasteiger partial charge in [0.2, 0.25) is 0 Å². The lowest BCUT2D eigenvalue weighted by Gasteiger charge is -2.07. The van der Waals surface area contributed by atoms with Gasteiger partial charge in [-0.3, -0.25) is 20.2 Å². The number of carboxylic acids is 1. The highest BCUT2D eigenvalue weighted by molar-refractivity contribution is 5.95. The Kier molecular flexibility index (Phi) is 16.1. The van der Waals surface area contributed by atoms with Crippen LogP contribution in [0.5, 0.6) is 11.5 Å². The van der Waals surface area contributed by atoms with Crippen molar-refractivity contribution in [3.8, 4) is 11.5 Å². The van der Waals surface area contributed by atoms with Crippen molar-refractivity contribution >= 4 is 23.3 Å². The standard InChI is InChI=1S/C13H13NO5.C10H9NO5.2CH4/c1-3-8-18-11-7-5-6-10(12(11)14(16)17)13(15)19-9-4-2;1-2-6-16-8-5-3-4-7(10(12)13)9(8)11(14)15;;/h3-7H,1-2,8-9H2;2-5H,1,6H2,(H,12,13);2*1H4. The van der Waals surface area contributed by atoms with Crippen LogP contribution in [0.2, 0.25) is 0 Å². The first kappa shape index (κ1) is 34.2. The first-order valence-electron chi connectivity index (χ1n) is 9.73. The summed E-state index contributed by atoms with van der Waals surface area (Å²) in [4.78, 5) is 42.8. The van der Waals surface area contributed by atoms with Crippen molar-refractivity contribution in [2.75, 3.05) is 19.8 Å². The van der Waals surface area contributed by atoms with E-state index in [0.29, 0.717) is 0 Å². The maximum absolute atomic E-state index is 11.7. The predicted molar refractivity (Wildman–Crippen MR) is 138 cm³/mol. The lowest BCUT2D eigenvalue weighted by molar-refractivity contribution is -0.386. The fraction of sp³-hybridized carbons (Fsp3) is 0.200. The number of para-hydroxylation sites is 2. The molecule has 0 spiro atoms. The smallest absolute Gasteiger partial charge is 0.345 e. The van der Waals surface area contributed by atoms with E-state index in [9.17, 15) is 29.8 Å². The first-order chi connectivity index (χ1) is 16.7. The SMILES string of the molecule is C.C.C=CCOC(=O)c1cccc(OCC=C)c1[N+](=O)[O-].C=CCOc1cccc(C(=O)O)c1[N+](=O)[O-]. The van der Waals surface area contributed by atoms with E-state index in [1.54, 1.807) is 0 Å². The van der Waals surface area contributed by atoms with Gasteiger partial charge in [-0.1, -0.05) is 65.0 Å². The molecular formula is C25H30N2O10. The summed E-state index contributed by atoms with van der Waals surface area (Å²) in [6.07, 6.45) is 4.24. The molecule has 200 valence electrons. The molecule has 0 bridgehead atoms. The molecule has 0 aliphatic heterocycles. The van der Waals surface area contributed by atoms with Crippen LogP contribution in [0, 0.1) is 20.2 Å². The van der Waals surface area contributed by atoms with Crippen LogP contribution in [0.3, 0.4) is 0 Å².